The lowest BCUT2D eigenvalue weighted by Gasteiger charge is -2.45. The summed E-state index contributed by atoms with van der Waals surface area (Å²) in [5.41, 5.74) is 4.81. The van der Waals surface area contributed by atoms with Crippen LogP contribution in [0.2, 0.25) is 0 Å². The molecule has 0 spiro atoms. The van der Waals surface area contributed by atoms with Gasteiger partial charge in [0.1, 0.15) is 0 Å². The molecule has 7 heteroatoms. The molecular formula is C14H29N3O3S. The molecule has 0 bridgehead atoms. The molecule has 0 saturated carbocycles. The Morgan fingerprint density at radius 3 is 2.33 bits per heavy atom. The number of rotatable bonds is 5. The minimum atomic E-state index is -3.25. The second-order valence-electron chi connectivity index (χ2n) is 7.12. The topological polar surface area (TPSA) is 92.5 Å². The van der Waals surface area contributed by atoms with Crippen LogP contribution in [-0.4, -0.2) is 50.2 Å². The first kappa shape index (κ1) is 18.4. The van der Waals surface area contributed by atoms with Crippen molar-refractivity contribution in [3.63, 3.8) is 0 Å². The fourth-order valence-electron chi connectivity index (χ4n) is 2.36. The Morgan fingerprint density at radius 2 is 1.86 bits per heavy atom. The molecule has 21 heavy (non-hydrogen) atoms. The van der Waals surface area contributed by atoms with Crippen LogP contribution in [0.3, 0.4) is 0 Å². The van der Waals surface area contributed by atoms with Crippen LogP contribution in [0.1, 0.15) is 47.0 Å². The molecule has 1 saturated heterocycles. The summed E-state index contributed by atoms with van der Waals surface area (Å²) in [5.74, 6) is -0.00463. The summed E-state index contributed by atoms with van der Waals surface area (Å²) in [6.45, 7) is 8.33. The zero-order valence-corrected chi connectivity index (χ0v) is 14.6. The number of amides is 1. The number of sulfonamides is 1. The lowest BCUT2D eigenvalue weighted by atomic mass is 9.73. The number of hydrogen-bond acceptors (Lipinski definition) is 4. The van der Waals surface area contributed by atoms with Gasteiger partial charge in [-0.25, -0.2) is 13.1 Å². The third-order valence-electron chi connectivity index (χ3n) is 4.61. The van der Waals surface area contributed by atoms with Crippen molar-refractivity contribution in [1.29, 1.82) is 0 Å². The number of hydrogen-bond donors (Lipinski definition) is 2. The summed E-state index contributed by atoms with van der Waals surface area (Å²) < 4.78 is 25.1. The van der Waals surface area contributed by atoms with Crippen molar-refractivity contribution in [3.05, 3.63) is 0 Å². The number of carbonyl (C=O) groups is 1. The number of nitrogens with two attached hydrogens (primary N) is 1. The summed E-state index contributed by atoms with van der Waals surface area (Å²) in [4.78, 5) is 14.7. The van der Waals surface area contributed by atoms with Crippen LogP contribution in [-0.2, 0) is 14.8 Å². The number of piperidine rings is 1. The number of nitrogens with zero attached hydrogens (tertiary/aromatic N) is 1. The van der Waals surface area contributed by atoms with Gasteiger partial charge < -0.3 is 10.6 Å². The molecule has 0 aromatic carbocycles. The molecule has 124 valence electrons. The van der Waals surface area contributed by atoms with E-state index in [0.717, 1.165) is 25.5 Å². The number of likely N-dealkylation sites (tertiary alicyclic amines) is 1. The van der Waals surface area contributed by atoms with Crippen molar-refractivity contribution < 1.29 is 13.2 Å². The Balaban J connectivity index is 2.89. The van der Waals surface area contributed by atoms with Gasteiger partial charge in [0.15, 0.2) is 0 Å². The minimum absolute atomic E-state index is 0.00463. The lowest BCUT2D eigenvalue weighted by Crippen LogP contribution is -2.60. The van der Waals surface area contributed by atoms with Gasteiger partial charge in [0.25, 0.3) is 0 Å². The highest BCUT2D eigenvalue weighted by Gasteiger charge is 2.44. The van der Waals surface area contributed by atoms with Gasteiger partial charge in [-0.1, -0.05) is 0 Å². The average molecular weight is 319 g/mol. The van der Waals surface area contributed by atoms with Gasteiger partial charge in [0, 0.05) is 24.7 Å². The van der Waals surface area contributed by atoms with Crippen LogP contribution < -0.4 is 10.5 Å². The van der Waals surface area contributed by atoms with Gasteiger partial charge in [0.05, 0.1) is 11.7 Å². The zero-order valence-electron chi connectivity index (χ0n) is 13.8. The van der Waals surface area contributed by atoms with Gasteiger partial charge in [0.2, 0.25) is 15.9 Å². The Bertz CT molecular complexity index is 480. The van der Waals surface area contributed by atoms with Crippen LogP contribution >= 0.6 is 0 Å². The molecule has 1 unspecified atom stereocenters. The highest BCUT2D eigenvalue weighted by atomic mass is 32.2. The summed E-state index contributed by atoms with van der Waals surface area (Å²) in [7, 11) is -3.25. The van der Waals surface area contributed by atoms with Crippen LogP contribution in [0, 0.1) is 5.41 Å². The maximum Gasteiger partial charge on any atom is 0.230 e. The fourth-order valence-corrected chi connectivity index (χ4v) is 2.86. The smallest absolute Gasteiger partial charge is 0.230 e. The van der Waals surface area contributed by atoms with Crippen molar-refractivity contribution in [2.75, 3.05) is 19.3 Å². The van der Waals surface area contributed by atoms with Crippen LogP contribution in [0.5, 0.6) is 0 Å². The summed E-state index contributed by atoms with van der Waals surface area (Å²) in [5, 5.41) is 0. The maximum atomic E-state index is 12.9. The standard InChI is InChI=1S/C14H29N3O3S/c1-13(2,14(3,4)15)12(18)17-9-7-6-8-11(17)10-16-21(5,19)20/h11,16H,6-10,15H2,1-5H3. The first-order valence-corrected chi connectivity index (χ1v) is 9.30. The van der Waals surface area contributed by atoms with Gasteiger partial charge in [-0.3, -0.25) is 4.79 Å². The molecule has 1 rings (SSSR count). The lowest BCUT2D eigenvalue weighted by molar-refractivity contribution is -0.147. The van der Waals surface area contributed by atoms with Crippen molar-refractivity contribution in [2.24, 2.45) is 11.1 Å². The number of nitrogens with one attached hydrogen (secondary N) is 1. The predicted molar refractivity (Wildman–Crippen MR) is 84.2 cm³/mol. The molecule has 0 radical (unpaired) electrons. The monoisotopic (exact) mass is 319 g/mol. The van der Waals surface area contributed by atoms with E-state index in [0.29, 0.717) is 6.54 Å². The third kappa shape index (κ3) is 4.66. The molecule has 1 aliphatic heterocycles. The van der Waals surface area contributed by atoms with Crippen molar-refractivity contribution in [3.8, 4) is 0 Å². The molecule has 3 N–H and O–H groups in total. The SMILES string of the molecule is CC(C)(N)C(C)(C)C(=O)N1CCCCC1CNS(C)(=O)=O. The van der Waals surface area contributed by atoms with Crippen LogP contribution in [0.4, 0.5) is 0 Å². The summed E-state index contributed by atoms with van der Waals surface area (Å²) in [6.07, 6.45) is 3.90. The van der Waals surface area contributed by atoms with Gasteiger partial charge >= 0.3 is 0 Å². The van der Waals surface area contributed by atoms with E-state index >= 15 is 0 Å². The molecule has 0 aliphatic carbocycles. The van der Waals surface area contributed by atoms with E-state index in [4.69, 9.17) is 5.73 Å². The normalized spacial score (nSPS) is 21.4. The van der Waals surface area contributed by atoms with Gasteiger partial charge in [-0.2, -0.15) is 0 Å². The van der Waals surface area contributed by atoms with E-state index in [1.807, 2.05) is 27.7 Å². The minimum Gasteiger partial charge on any atom is -0.338 e. The van der Waals surface area contributed by atoms with E-state index in [9.17, 15) is 13.2 Å². The van der Waals surface area contributed by atoms with E-state index in [1.54, 1.807) is 4.90 Å². The van der Waals surface area contributed by atoms with E-state index < -0.39 is 21.0 Å². The van der Waals surface area contributed by atoms with E-state index in [1.165, 1.54) is 0 Å². The van der Waals surface area contributed by atoms with E-state index in [-0.39, 0.29) is 18.5 Å². The Kier molecular flexibility index (Phi) is 5.45. The summed E-state index contributed by atoms with van der Waals surface area (Å²) >= 11 is 0. The fraction of sp³-hybridized carbons (Fsp3) is 0.929. The molecular weight excluding hydrogens is 290 g/mol. The molecule has 1 amide bonds. The second kappa shape index (κ2) is 6.22. The first-order chi connectivity index (χ1) is 9.36. The van der Waals surface area contributed by atoms with Crippen LogP contribution in [0.25, 0.3) is 0 Å². The van der Waals surface area contributed by atoms with E-state index in [2.05, 4.69) is 4.72 Å². The van der Waals surface area contributed by atoms with Gasteiger partial charge in [-0.05, 0) is 47.0 Å². The zero-order chi connectivity index (χ0) is 16.5. The molecule has 1 aliphatic rings. The largest absolute Gasteiger partial charge is 0.338 e. The second-order valence-corrected chi connectivity index (χ2v) is 8.95. The molecule has 1 fully saturated rings. The molecule has 1 heterocycles. The quantitative estimate of drug-likeness (QED) is 0.779. The predicted octanol–water partition coefficient (Wildman–Crippen LogP) is 0.680. The Morgan fingerprint density at radius 1 is 1.29 bits per heavy atom. The van der Waals surface area contributed by atoms with Crippen molar-refractivity contribution in [1.82, 2.24) is 9.62 Å². The highest BCUT2D eigenvalue weighted by Crippen LogP contribution is 2.33. The molecule has 0 aromatic rings. The third-order valence-corrected chi connectivity index (χ3v) is 5.31. The average Bonchev–Trinajstić information content (AvgIpc) is 2.33. The Hall–Kier alpha value is -0.660. The number of carbonyl (C=O) groups excluding carboxylic acids is 1. The summed E-state index contributed by atoms with van der Waals surface area (Å²) in [6, 6.07) is -0.0948. The van der Waals surface area contributed by atoms with Crippen LogP contribution in [0.15, 0.2) is 0 Å². The van der Waals surface area contributed by atoms with Crippen molar-refractivity contribution >= 4 is 15.9 Å². The van der Waals surface area contributed by atoms with Crippen molar-refractivity contribution in [2.45, 2.75) is 58.5 Å². The first-order valence-electron chi connectivity index (χ1n) is 7.41. The molecule has 6 nitrogen and oxygen atoms in total. The maximum absolute atomic E-state index is 12.9. The molecule has 1 atom stereocenters. The Labute approximate surface area is 128 Å². The van der Waals surface area contributed by atoms with Gasteiger partial charge in [-0.15, -0.1) is 0 Å². The molecule has 0 aromatic heterocycles. The highest BCUT2D eigenvalue weighted by molar-refractivity contribution is 7.88.